The molecular formula is C10H11BrO3. The van der Waals surface area contributed by atoms with Gasteiger partial charge in [0.05, 0.1) is 18.0 Å². The zero-order valence-corrected chi connectivity index (χ0v) is 9.32. The number of fused-ring (bicyclic) bond motifs is 1. The van der Waals surface area contributed by atoms with Crippen LogP contribution in [-0.2, 0) is 0 Å². The summed E-state index contributed by atoms with van der Waals surface area (Å²) in [5, 5.41) is 9.87. The summed E-state index contributed by atoms with van der Waals surface area (Å²) in [5.41, 5.74) is 0.775. The van der Waals surface area contributed by atoms with Crippen molar-refractivity contribution in [3.05, 3.63) is 23.8 Å². The predicted molar refractivity (Wildman–Crippen MR) is 56.2 cm³/mol. The Bertz CT molecular complexity index is 340. The van der Waals surface area contributed by atoms with E-state index >= 15 is 0 Å². The Morgan fingerprint density at radius 2 is 2.36 bits per heavy atom. The maximum Gasteiger partial charge on any atom is 0.167 e. The molecule has 1 aliphatic heterocycles. The normalized spacial score (nSPS) is 25.1. The monoisotopic (exact) mass is 258 g/mol. The lowest BCUT2D eigenvalue weighted by Gasteiger charge is -2.27. The number of rotatable bonds is 1. The first-order valence-corrected chi connectivity index (χ1v) is 5.27. The number of aliphatic hydroxyl groups excluding tert-OH is 1. The number of halogens is 1. The van der Waals surface area contributed by atoms with Gasteiger partial charge in [0.1, 0.15) is 6.61 Å². The van der Waals surface area contributed by atoms with Crippen molar-refractivity contribution < 1.29 is 14.6 Å². The van der Waals surface area contributed by atoms with Crippen LogP contribution in [0.25, 0.3) is 0 Å². The molecule has 0 aliphatic carbocycles. The zero-order valence-electron chi connectivity index (χ0n) is 7.74. The average Bonchev–Trinajstić information content (AvgIpc) is 2.23. The van der Waals surface area contributed by atoms with Crippen molar-refractivity contribution in [2.45, 2.75) is 10.9 Å². The number of aliphatic hydroxyl groups is 1. The number of ether oxygens (including phenoxy) is 2. The first kappa shape index (κ1) is 9.80. The van der Waals surface area contributed by atoms with Crippen LogP contribution < -0.4 is 9.47 Å². The molecule has 0 amide bonds. The molecule has 0 saturated heterocycles. The lowest BCUT2D eigenvalue weighted by molar-refractivity contribution is 0.122. The van der Waals surface area contributed by atoms with Gasteiger partial charge in [0, 0.05) is 5.56 Å². The molecule has 0 bridgehead atoms. The largest absolute Gasteiger partial charge is 0.493 e. The Hall–Kier alpha value is -0.740. The van der Waals surface area contributed by atoms with Crippen LogP contribution in [-0.4, -0.2) is 23.7 Å². The average molecular weight is 259 g/mol. The fraction of sp³-hybridized carbons (Fsp3) is 0.400. The summed E-state index contributed by atoms with van der Waals surface area (Å²) in [4.78, 5) is -0.0536. The molecule has 76 valence electrons. The molecule has 2 rings (SSSR count). The molecule has 1 heterocycles. The van der Waals surface area contributed by atoms with Crippen LogP contribution in [0.15, 0.2) is 18.2 Å². The Labute approximate surface area is 90.8 Å². The van der Waals surface area contributed by atoms with Gasteiger partial charge >= 0.3 is 0 Å². The number of benzene rings is 1. The van der Waals surface area contributed by atoms with Crippen LogP contribution in [0.4, 0.5) is 0 Å². The number of methoxy groups -OCH3 is 1. The van der Waals surface area contributed by atoms with Gasteiger partial charge in [0.15, 0.2) is 11.5 Å². The second-order valence-corrected chi connectivity index (χ2v) is 4.33. The second kappa shape index (κ2) is 3.79. The maximum atomic E-state index is 9.87. The Kier molecular flexibility index (Phi) is 2.65. The third-order valence-corrected chi connectivity index (χ3v) is 3.04. The highest BCUT2D eigenvalue weighted by atomic mass is 79.9. The first-order valence-electron chi connectivity index (χ1n) is 4.36. The van der Waals surface area contributed by atoms with E-state index in [1.54, 1.807) is 7.11 Å². The van der Waals surface area contributed by atoms with Gasteiger partial charge in [-0.1, -0.05) is 28.1 Å². The summed E-state index contributed by atoms with van der Waals surface area (Å²) < 4.78 is 10.6. The van der Waals surface area contributed by atoms with Crippen molar-refractivity contribution in [1.29, 1.82) is 0 Å². The van der Waals surface area contributed by atoms with Gasteiger partial charge in [-0.3, -0.25) is 0 Å². The van der Waals surface area contributed by atoms with E-state index in [4.69, 9.17) is 9.47 Å². The van der Waals surface area contributed by atoms with E-state index in [-0.39, 0.29) is 4.83 Å². The molecule has 2 atom stereocenters. The van der Waals surface area contributed by atoms with Crippen LogP contribution in [0.2, 0.25) is 0 Å². The minimum Gasteiger partial charge on any atom is -0.493 e. The molecule has 4 heteroatoms. The van der Waals surface area contributed by atoms with Crippen LogP contribution in [0.1, 0.15) is 11.7 Å². The topological polar surface area (TPSA) is 38.7 Å². The maximum absolute atomic E-state index is 9.87. The number of hydrogen-bond acceptors (Lipinski definition) is 3. The van der Waals surface area contributed by atoms with E-state index in [1.807, 2.05) is 18.2 Å². The summed E-state index contributed by atoms with van der Waals surface area (Å²) in [6.45, 7) is 0.453. The summed E-state index contributed by atoms with van der Waals surface area (Å²) in [5.74, 6) is 1.32. The van der Waals surface area contributed by atoms with E-state index in [1.165, 1.54) is 0 Å². The number of alkyl halides is 1. The summed E-state index contributed by atoms with van der Waals surface area (Å²) in [6, 6.07) is 5.51. The van der Waals surface area contributed by atoms with Crippen molar-refractivity contribution in [2.24, 2.45) is 0 Å². The van der Waals surface area contributed by atoms with Gasteiger partial charge in [-0.05, 0) is 6.07 Å². The first-order chi connectivity index (χ1) is 6.74. The summed E-state index contributed by atoms with van der Waals surface area (Å²) in [6.07, 6.45) is -0.533. The van der Waals surface area contributed by atoms with Crippen molar-refractivity contribution in [2.75, 3.05) is 13.7 Å². The van der Waals surface area contributed by atoms with Gasteiger partial charge in [-0.2, -0.15) is 0 Å². The lowest BCUT2D eigenvalue weighted by atomic mass is 10.0. The van der Waals surface area contributed by atoms with Crippen LogP contribution >= 0.6 is 15.9 Å². The molecule has 14 heavy (non-hydrogen) atoms. The van der Waals surface area contributed by atoms with Crippen LogP contribution in [0.3, 0.4) is 0 Å². The molecule has 0 aromatic heterocycles. The fourth-order valence-electron chi connectivity index (χ4n) is 1.53. The SMILES string of the molecule is COc1cccc2c1OCC(Br)C2O. The second-order valence-electron chi connectivity index (χ2n) is 3.15. The molecule has 0 fully saturated rings. The minimum atomic E-state index is -0.533. The molecule has 1 N–H and O–H groups in total. The molecular weight excluding hydrogens is 248 g/mol. The van der Waals surface area contributed by atoms with Gasteiger partial charge in [0.25, 0.3) is 0 Å². The van der Waals surface area contributed by atoms with Gasteiger partial charge in [-0.15, -0.1) is 0 Å². The van der Waals surface area contributed by atoms with E-state index < -0.39 is 6.10 Å². The highest BCUT2D eigenvalue weighted by molar-refractivity contribution is 9.09. The van der Waals surface area contributed by atoms with E-state index in [9.17, 15) is 5.11 Å². The van der Waals surface area contributed by atoms with Crippen LogP contribution in [0, 0.1) is 0 Å². The molecule has 0 spiro atoms. The highest BCUT2D eigenvalue weighted by Crippen LogP contribution is 2.40. The predicted octanol–water partition coefficient (Wildman–Crippen LogP) is 1.88. The molecule has 3 nitrogen and oxygen atoms in total. The molecule has 0 saturated carbocycles. The van der Waals surface area contributed by atoms with Gasteiger partial charge in [0.2, 0.25) is 0 Å². The van der Waals surface area contributed by atoms with E-state index in [0.717, 1.165) is 5.56 Å². The Morgan fingerprint density at radius 1 is 1.57 bits per heavy atom. The van der Waals surface area contributed by atoms with Crippen molar-refractivity contribution >= 4 is 15.9 Å². The minimum absolute atomic E-state index is 0.0536. The van der Waals surface area contributed by atoms with Gasteiger partial charge < -0.3 is 14.6 Å². The smallest absolute Gasteiger partial charge is 0.167 e. The number of para-hydroxylation sites is 1. The standard InChI is InChI=1S/C10H11BrO3/c1-13-8-4-2-3-6-9(12)7(11)5-14-10(6)8/h2-4,7,9,12H,5H2,1H3. The summed E-state index contributed by atoms with van der Waals surface area (Å²) >= 11 is 3.35. The third kappa shape index (κ3) is 1.48. The van der Waals surface area contributed by atoms with Crippen LogP contribution in [0.5, 0.6) is 11.5 Å². The fourth-order valence-corrected chi connectivity index (χ4v) is 1.95. The molecule has 1 aromatic carbocycles. The van der Waals surface area contributed by atoms with E-state index in [2.05, 4.69) is 15.9 Å². The van der Waals surface area contributed by atoms with Crippen molar-refractivity contribution in [3.63, 3.8) is 0 Å². The Balaban J connectivity index is 2.47. The summed E-state index contributed by atoms with van der Waals surface area (Å²) in [7, 11) is 1.59. The molecule has 1 aliphatic rings. The third-order valence-electron chi connectivity index (χ3n) is 2.28. The van der Waals surface area contributed by atoms with Crippen molar-refractivity contribution in [3.8, 4) is 11.5 Å². The van der Waals surface area contributed by atoms with Crippen molar-refractivity contribution in [1.82, 2.24) is 0 Å². The number of hydrogen-bond donors (Lipinski definition) is 1. The molecule has 2 unspecified atom stereocenters. The van der Waals surface area contributed by atoms with Gasteiger partial charge in [-0.25, -0.2) is 0 Å². The zero-order chi connectivity index (χ0) is 10.1. The quantitative estimate of drug-likeness (QED) is 0.782. The Morgan fingerprint density at radius 3 is 3.07 bits per heavy atom. The van der Waals surface area contributed by atoms with E-state index in [0.29, 0.717) is 18.1 Å². The highest BCUT2D eigenvalue weighted by Gasteiger charge is 2.29. The molecule has 1 aromatic rings. The molecule has 0 radical (unpaired) electrons. The lowest BCUT2D eigenvalue weighted by Crippen LogP contribution is -2.26.